The number of barbiturate groups is 1. The van der Waals surface area contributed by atoms with Crippen LogP contribution in [0, 0.1) is 0 Å². The molecule has 0 radical (unpaired) electrons. The summed E-state index contributed by atoms with van der Waals surface area (Å²) in [7, 11) is 0. The standard InChI is InChI=1S/C28H25BrN2O4/c29-21-13-14-25(35-17-19-9-6-8-18-7-4-5-12-23(18)19)20(15-21)16-24-26(32)30-28(34)31(27(24)33)22-10-2-1-3-11-22/h4-9,12-16,22H,1-3,10-11,17H2,(H,30,32,34). The number of nitrogens with one attached hydrogen (secondary N) is 1. The van der Waals surface area contributed by atoms with Crippen LogP contribution in [0.4, 0.5) is 4.79 Å². The van der Waals surface area contributed by atoms with Crippen molar-refractivity contribution in [3.63, 3.8) is 0 Å². The number of benzene rings is 3. The smallest absolute Gasteiger partial charge is 0.331 e. The zero-order chi connectivity index (χ0) is 24.4. The van der Waals surface area contributed by atoms with E-state index in [4.69, 9.17) is 4.74 Å². The fourth-order valence-electron chi connectivity index (χ4n) is 4.83. The third-order valence-corrected chi connectivity index (χ3v) is 7.10. The van der Waals surface area contributed by atoms with E-state index in [-0.39, 0.29) is 11.6 Å². The Balaban J connectivity index is 1.45. The number of urea groups is 1. The summed E-state index contributed by atoms with van der Waals surface area (Å²) in [5.74, 6) is -0.701. The molecule has 1 saturated heterocycles. The van der Waals surface area contributed by atoms with E-state index in [1.54, 1.807) is 12.1 Å². The largest absolute Gasteiger partial charge is 0.488 e. The summed E-state index contributed by atoms with van der Waals surface area (Å²) in [6.07, 6.45) is 6.06. The van der Waals surface area contributed by atoms with Crippen molar-refractivity contribution in [2.45, 2.75) is 44.8 Å². The number of nitrogens with zero attached hydrogens (tertiary/aromatic N) is 1. The molecule has 1 heterocycles. The number of amides is 4. The van der Waals surface area contributed by atoms with Gasteiger partial charge in [-0.2, -0.15) is 0 Å². The molecule has 4 amide bonds. The Hall–Kier alpha value is -3.45. The summed E-state index contributed by atoms with van der Waals surface area (Å²) < 4.78 is 6.96. The van der Waals surface area contributed by atoms with Crippen molar-refractivity contribution >= 4 is 50.6 Å². The lowest BCUT2D eigenvalue weighted by molar-refractivity contribution is -0.132. The van der Waals surface area contributed by atoms with Gasteiger partial charge >= 0.3 is 6.03 Å². The third kappa shape index (κ3) is 4.86. The SMILES string of the molecule is O=C1NC(=O)N(C2CCCCC2)C(=O)C1=Cc1cc(Br)ccc1OCc1cccc2ccccc12. The van der Waals surface area contributed by atoms with E-state index in [0.717, 1.165) is 52.9 Å². The minimum absolute atomic E-state index is 0.0664. The summed E-state index contributed by atoms with van der Waals surface area (Å²) in [6.45, 7) is 0.325. The maximum Gasteiger partial charge on any atom is 0.331 e. The van der Waals surface area contributed by atoms with Crippen LogP contribution >= 0.6 is 15.9 Å². The zero-order valence-corrected chi connectivity index (χ0v) is 20.7. The van der Waals surface area contributed by atoms with E-state index >= 15 is 0 Å². The Kier molecular flexibility index (Phi) is 6.68. The van der Waals surface area contributed by atoms with Gasteiger partial charge in [-0.05, 0) is 53.5 Å². The molecule has 0 spiro atoms. The van der Waals surface area contributed by atoms with E-state index < -0.39 is 17.8 Å². The number of hydrogen-bond donors (Lipinski definition) is 1. The number of imide groups is 2. The molecular formula is C28H25BrN2O4. The predicted octanol–water partition coefficient (Wildman–Crippen LogP) is 5.98. The van der Waals surface area contributed by atoms with Gasteiger partial charge in [-0.15, -0.1) is 0 Å². The minimum atomic E-state index is -0.688. The van der Waals surface area contributed by atoms with Crippen LogP contribution in [-0.2, 0) is 16.2 Å². The van der Waals surface area contributed by atoms with Crippen LogP contribution in [0.5, 0.6) is 5.75 Å². The zero-order valence-electron chi connectivity index (χ0n) is 19.1. The molecule has 1 N–H and O–H groups in total. The lowest BCUT2D eigenvalue weighted by Crippen LogP contribution is -2.58. The maximum absolute atomic E-state index is 13.3. The number of hydrogen-bond acceptors (Lipinski definition) is 4. The molecule has 2 fully saturated rings. The molecule has 5 rings (SSSR count). The van der Waals surface area contributed by atoms with Crippen molar-refractivity contribution in [3.8, 4) is 5.75 Å². The topological polar surface area (TPSA) is 75.7 Å². The lowest BCUT2D eigenvalue weighted by atomic mass is 9.93. The average molecular weight is 533 g/mol. The summed E-state index contributed by atoms with van der Waals surface area (Å²) in [5, 5.41) is 4.58. The van der Waals surface area contributed by atoms with E-state index in [0.29, 0.717) is 17.9 Å². The Morgan fingerprint density at radius 2 is 1.74 bits per heavy atom. The summed E-state index contributed by atoms with van der Waals surface area (Å²) >= 11 is 3.47. The lowest BCUT2D eigenvalue weighted by Gasteiger charge is -2.35. The van der Waals surface area contributed by atoms with Gasteiger partial charge in [0.05, 0.1) is 0 Å². The molecule has 178 valence electrons. The van der Waals surface area contributed by atoms with Gasteiger partial charge in [0.1, 0.15) is 17.9 Å². The first-order chi connectivity index (χ1) is 17.0. The van der Waals surface area contributed by atoms with Crippen LogP contribution < -0.4 is 10.1 Å². The Morgan fingerprint density at radius 1 is 0.971 bits per heavy atom. The normalized spacial score (nSPS) is 18.3. The average Bonchev–Trinajstić information content (AvgIpc) is 2.86. The van der Waals surface area contributed by atoms with Crippen LogP contribution in [0.1, 0.15) is 43.2 Å². The molecule has 1 aliphatic carbocycles. The molecule has 2 aliphatic rings. The van der Waals surface area contributed by atoms with Gasteiger partial charge in [0.2, 0.25) is 0 Å². The van der Waals surface area contributed by atoms with Crippen molar-refractivity contribution in [2.75, 3.05) is 0 Å². The summed E-state index contributed by atoms with van der Waals surface area (Å²) in [5.41, 5.74) is 1.55. The number of carbonyl (C=O) groups is 3. The highest BCUT2D eigenvalue weighted by molar-refractivity contribution is 9.10. The van der Waals surface area contributed by atoms with Crippen LogP contribution in [0.2, 0.25) is 0 Å². The second kappa shape index (κ2) is 10.0. The molecular weight excluding hydrogens is 508 g/mol. The Bertz CT molecular complexity index is 1340. The van der Waals surface area contributed by atoms with Crippen LogP contribution in [-0.4, -0.2) is 28.8 Å². The van der Waals surface area contributed by atoms with E-state index in [2.05, 4.69) is 39.4 Å². The second-order valence-corrected chi connectivity index (χ2v) is 9.81. The van der Waals surface area contributed by atoms with E-state index in [9.17, 15) is 14.4 Å². The quantitative estimate of drug-likeness (QED) is 0.324. The summed E-state index contributed by atoms with van der Waals surface area (Å²) in [4.78, 5) is 39.7. The first kappa shape index (κ1) is 23.3. The number of halogens is 1. The Labute approximate surface area is 212 Å². The van der Waals surface area contributed by atoms with Crippen LogP contribution in [0.3, 0.4) is 0 Å². The minimum Gasteiger partial charge on any atom is -0.488 e. The van der Waals surface area contributed by atoms with E-state index in [1.807, 2.05) is 30.3 Å². The fourth-order valence-corrected chi connectivity index (χ4v) is 5.21. The molecule has 7 heteroatoms. The maximum atomic E-state index is 13.3. The monoisotopic (exact) mass is 532 g/mol. The van der Waals surface area contributed by atoms with Crippen LogP contribution in [0.25, 0.3) is 16.8 Å². The van der Waals surface area contributed by atoms with Crippen molar-refractivity contribution in [1.29, 1.82) is 0 Å². The van der Waals surface area contributed by atoms with Gasteiger partial charge in [-0.25, -0.2) is 4.79 Å². The molecule has 3 aromatic carbocycles. The van der Waals surface area contributed by atoms with Gasteiger partial charge in [-0.3, -0.25) is 19.8 Å². The van der Waals surface area contributed by atoms with E-state index in [1.165, 1.54) is 11.0 Å². The number of ether oxygens (including phenoxy) is 1. The van der Waals surface area contributed by atoms with Crippen molar-refractivity contribution in [2.24, 2.45) is 0 Å². The number of fused-ring (bicyclic) bond motifs is 1. The first-order valence-corrected chi connectivity index (χ1v) is 12.6. The molecule has 0 atom stereocenters. The molecule has 0 bridgehead atoms. The molecule has 0 aromatic heterocycles. The van der Waals surface area contributed by atoms with Crippen molar-refractivity contribution < 1.29 is 19.1 Å². The van der Waals surface area contributed by atoms with Gasteiger partial charge < -0.3 is 4.74 Å². The number of carbonyl (C=O) groups excluding carboxylic acids is 3. The number of rotatable bonds is 5. The van der Waals surface area contributed by atoms with Gasteiger partial charge in [0.15, 0.2) is 0 Å². The molecule has 1 saturated carbocycles. The van der Waals surface area contributed by atoms with Gasteiger partial charge in [-0.1, -0.05) is 77.7 Å². The first-order valence-electron chi connectivity index (χ1n) is 11.8. The highest BCUT2D eigenvalue weighted by Gasteiger charge is 2.40. The molecule has 3 aromatic rings. The third-order valence-electron chi connectivity index (χ3n) is 6.61. The second-order valence-electron chi connectivity index (χ2n) is 8.89. The summed E-state index contributed by atoms with van der Waals surface area (Å²) in [6, 6.07) is 18.8. The highest BCUT2D eigenvalue weighted by Crippen LogP contribution is 2.30. The van der Waals surface area contributed by atoms with Gasteiger partial charge in [0, 0.05) is 16.1 Å². The van der Waals surface area contributed by atoms with Crippen LogP contribution in [0.15, 0.2) is 70.7 Å². The highest BCUT2D eigenvalue weighted by atomic mass is 79.9. The Morgan fingerprint density at radius 3 is 2.57 bits per heavy atom. The van der Waals surface area contributed by atoms with Gasteiger partial charge in [0.25, 0.3) is 11.8 Å². The van der Waals surface area contributed by atoms with Crippen molar-refractivity contribution in [3.05, 3.63) is 81.8 Å². The fraction of sp³-hybridized carbons (Fsp3) is 0.250. The molecule has 0 unspecified atom stereocenters. The van der Waals surface area contributed by atoms with Crippen molar-refractivity contribution in [1.82, 2.24) is 10.2 Å². The predicted molar refractivity (Wildman–Crippen MR) is 138 cm³/mol. The molecule has 35 heavy (non-hydrogen) atoms. The molecule has 1 aliphatic heterocycles. The molecule has 6 nitrogen and oxygen atoms in total.